The summed E-state index contributed by atoms with van der Waals surface area (Å²) in [5.41, 5.74) is 1.46. The number of pyridine rings is 1. The van der Waals surface area contributed by atoms with E-state index in [4.69, 9.17) is 10.00 Å². The van der Waals surface area contributed by atoms with Crippen molar-refractivity contribution in [2.75, 3.05) is 24.7 Å². The number of ether oxygens (including phenoxy) is 1. The van der Waals surface area contributed by atoms with E-state index in [0.717, 1.165) is 18.8 Å². The number of rotatable bonds is 1. The van der Waals surface area contributed by atoms with Gasteiger partial charge in [0.05, 0.1) is 18.8 Å². The summed E-state index contributed by atoms with van der Waals surface area (Å²) < 4.78 is 5.47. The van der Waals surface area contributed by atoms with Gasteiger partial charge in [0.2, 0.25) is 0 Å². The third-order valence-corrected chi connectivity index (χ3v) is 2.81. The summed E-state index contributed by atoms with van der Waals surface area (Å²) >= 11 is 0. The van der Waals surface area contributed by atoms with E-state index in [2.05, 4.69) is 29.8 Å². The van der Waals surface area contributed by atoms with E-state index in [1.807, 2.05) is 12.1 Å². The number of aromatic nitrogens is 1. The summed E-state index contributed by atoms with van der Waals surface area (Å²) in [6.45, 7) is 6.56. The first kappa shape index (κ1) is 10.9. The lowest BCUT2D eigenvalue weighted by Crippen LogP contribution is -2.53. The van der Waals surface area contributed by atoms with Gasteiger partial charge in [-0.25, -0.2) is 4.98 Å². The van der Waals surface area contributed by atoms with E-state index in [-0.39, 0.29) is 5.54 Å². The second-order valence-electron chi connectivity index (χ2n) is 4.53. The molecular weight excluding hydrogens is 202 g/mol. The van der Waals surface area contributed by atoms with Crippen LogP contribution in [-0.4, -0.2) is 30.3 Å². The van der Waals surface area contributed by atoms with E-state index in [1.54, 1.807) is 6.20 Å². The topological polar surface area (TPSA) is 49.1 Å². The van der Waals surface area contributed by atoms with Crippen LogP contribution in [0.5, 0.6) is 0 Å². The normalized spacial score (nSPS) is 19.2. The second-order valence-corrected chi connectivity index (χ2v) is 4.53. The molecular formula is C12H15N3O. The van der Waals surface area contributed by atoms with E-state index in [0.29, 0.717) is 12.3 Å². The molecule has 2 heterocycles. The maximum absolute atomic E-state index is 8.83. The molecule has 1 fully saturated rings. The van der Waals surface area contributed by atoms with Crippen LogP contribution >= 0.6 is 0 Å². The molecule has 0 N–H and O–H groups in total. The number of hydrogen-bond donors (Lipinski definition) is 0. The lowest BCUT2D eigenvalue weighted by Gasteiger charge is -2.43. The average molecular weight is 217 g/mol. The molecule has 1 aromatic heterocycles. The first-order valence-electron chi connectivity index (χ1n) is 5.35. The molecule has 1 aliphatic rings. The van der Waals surface area contributed by atoms with Crippen LogP contribution in [0.3, 0.4) is 0 Å². The van der Waals surface area contributed by atoms with Crippen LogP contribution < -0.4 is 4.90 Å². The number of morpholine rings is 1. The molecule has 0 atom stereocenters. The molecule has 4 heteroatoms. The van der Waals surface area contributed by atoms with Crippen LogP contribution in [0, 0.1) is 11.3 Å². The van der Waals surface area contributed by atoms with Crippen LogP contribution in [0.15, 0.2) is 18.3 Å². The Morgan fingerprint density at radius 1 is 1.56 bits per heavy atom. The van der Waals surface area contributed by atoms with E-state index >= 15 is 0 Å². The largest absolute Gasteiger partial charge is 0.377 e. The van der Waals surface area contributed by atoms with Gasteiger partial charge in [-0.3, -0.25) is 0 Å². The van der Waals surface area contributed by atoms with E-state index in [9.17, 15) is 0 Å². The van der Waals surface area contributed by atoms with Crippen LogP contribution in [0.4, 0.5) is 5.69 Å². The van der Waals surface area contributed by atoms with Gasteiger partial charge in [0.25, 0.3) is 0 Å². The van der Waals surface area contributed by atoms with Gasteiger partial charge in [-0.05, 0) is 26.0 Å². The Hall–Kier alpha value is -1.60. The van der Waals surface area contributed by atoms with Gasteiger partial charge in [-0.2, -0.15) is 5.26 Å². The maximum Gasteiger partial charge on any atom is 0.142 e. The highest BCUT2D eigenvalue weighted by atomic mass is 16.5. The summed E-state index contributed by atoms with van der Waals surface area (Å²) in [4.78, 5) is 6.24. The van der Waals surface area contributed by atoms with Crippen molar-refractivity contribution in [2.45, 2.75) is 19.4 Å². The predicted molar refractivity (Wildman–Crippen MR) is 61.2 cm³/mol. The molecule has 0 amide bonds. The van der Waals surface area contributed by atoms with Gasteiger partial charge in [-0.1, -0.05) is 0 Å². The zero-order chi connectivity index (χ0) is 11.6. The molecule has 0 aliphatic carbocycles. The molecule has 0 radical (unpaired) electrons. The zero-order valence-corrected chi connectivity index (χ0v) is 9.60. The van der Waals surface area contributed by atoms with Crippen molar-refractivity contribution in [1.29, 1.82) is 5.26 Å². The molecule has 1 aromatic rings. The number of nitrogens with zero attached hydrogens (tertiary/aromatic N) is 3. The molecule has 1 aliphatic heterocycles. The lowest BCUT2D eigenvalue weighted by atomic mass is 10.0. The Kier molecular flexibility index (Phi) is 2.80. The smallest absolute Gasteiger partial charge is 0.142 e. The first-order chi connectivity index (χ1) is 7.63. The predicted octanol–water partition coefficient (Wildman–Crippen LogP) is 1.57. The first-order valence-corrected chi connectivity index (χ1v) is 5.35. The molecule has 4 nitrogen and oxygen atoms in total. The van der Waals surface area contributed by atoms with Crippen molar-refractivity contribution in [3.63, 3.8) is 0 Å². The summed E-state index contributed by atoms with van der Waals surface area (Å²) in [6.07, 6.45) is 1.68. The Bertz CT molecular complexity index is 423. The van der Waals surface area contributed by atoms with E-state index in [1.165, 1.54) is 0 Å². The Morgan fingerprint density at radius 2 is 2.38 bits per heavy atom. The molecule has 2 rings (SSSR count). The molecule has 0 aromatic carbocycles. The van der Waals surface area contributed by atoms with Gasteiger partial charge < -0.3 is 9.64 Å². The molecule has 0 unspecified atom stereocenters. The fourth-order valence-electron chi connectivity index (χ4n) is 1.99. The van der Waals surface area contributed by atoms with Crippen molar-refractivity contribution < 1.29 is 4.74 Å². The van der Waals surface area contributed by atoms with Crippen molar-refractivity contribution >= 4 is 5.69 Å². The maximum atomic E-state index is 8.83. The molecule has 0 spiro atoms. The van der Waals surface area contributed by atoms with Crippen molar-refractivity contribution in [3.8, 4) is 6.07 Å². The van der Waals surface area contributed by atoms with Gasteiger partial charge in [0, 0.05) is 18.4 Å². The fourth-order valence-corrected chi connectivity index (χ4v) is 1.99. The number of anilines is 1. The summed E-state index contributed by atoms with van der Waals surface area (Å²) in [7, 11) is 0. The molecule has 16 heavy (non-hydrogen) atoms. The minimum absolute atomic E-state index is 0.0354. The third-order valence-electron chi connectivity index (χ3n) is 2.81. The van der Waals surface area contributed by atoms with Crippen molar-refractivity contribution in [2.24, 2.45) is 0 Å². The van der Waals surface area contributed by atoms with Gasteiger partial charge in [0.1, 0.15) is 11.8 Å². The second kappa shape index (κ2) is 4.11. The number of hydrogen-bond acceptors (Lipinski definition) is 4. The van der Waals surface area contributed by atoms with Crippen molar-refractivity contribution in [1.82, 2.24) is 4.98 Å². The highest BCUT2D eigenvalue weighted by Gasteiger charge is 2.30. The molecule has 0 saturated carbocycles. The molecule has 84 valence electrons. The Morgan fingerprint density at radius 3 is 3.06 bits per heavy atom. The average Bonchev–Trinajstić information content (AvgIpc) is 2.28. The standard InChI is InChI=1S/C12H15N3O/c1-12(2)9-16-6-5-15(12)11-3-4-14-10(7-11)8-13/h3-4,7H,5-6,9H2,1-2H3. The minimum atomic E-state index is -0.0354. The summed E-state index contributed by atoms with van der Waals surface area (Å²) in [5, 5.41) is 8.83. The summed E-state index contributed by atoms with van der Waals surface area (Å²) in [5.74, 6) is 0. The van der Waals surface area contributed by atoms with Crippen LogP contribution in [0.1, 0.15) is 19.5 Å². The minimum Gasteiger partial charge on any atom is -0.377 e. The van der Waals surface area contributed by atoms with Crippen molar-refractivity contribution in [3.05, 3.63) is 24.0 Å². The van der Waals surface area contributed by atoms with E-state index < -0.39 is 0 Å². The van der Waals surface area contributed by atoms with Crippen LogP contribution in [-0.2, 0) is 4.74 Å². The lowest BCUT2D eigenvalue weighted by molar-refractivity contribution is 0.0644. The molecule has 0 bridgehead atoms. The van der Waals surface area contributed by atoms with Gasteiger partial charge >= 0.3 is 0 Å². The van der Waals surface area contributed by atoms with Crippen LogP contribution in [0.25, 0.3) is 0 Å². The third kappa shape index (κ3) is 2.00. The highest BCUT2D eigenvalue weighted by Crippen LogP contribution is 2.26. The number of nitriles is 1. The Balaban J connectivity index is 2.32. The highest BCUT2D eigenvalue weighted by molar-refractivity contribution is 5.51. The van der Waals surface area contributed by atoms with Crippen LogP contribution in [0.2, 0.25) is 0 Å². The SMILES string of the molecule is CC1(C)COCCN1c1ccnc(C#N)c1. The molecule has 1 saturated heterocycles. The quantitative estimate of drug-likeness (QED) is 0.716. The Labute approximate surface area is 95.5 Å². The monoisotopic (exact) mass is 217 g/mol. The van der Waals surface area contributed by atoms with Gasteiger partial charge in [0.15, 0.2) is 0 Å². The fraction of sp³-hybridized carbons (Fsp3) is 0.500. The zero-order valence-electron chi connectivity index (χ0n) is 9.60. The van der Waals surface area contributed by atoms with Gasteiger partial charge in [-0.15, -0.1) is 0 Å². The summed E-state index contributed by atoms with van der Waals surface area (Å²) in [6, 6.07) is 5.83.